The van der Waals surface area contributed by atoms with E-state index in [0.29, 0.717) is 0 Å². The second-order valence-corrected chi connectivity index (χ2v) is 4.02. The molecule has 1 fully saturated rings. The summed E-state index contributed by atoms with van der Waals surface area (Å²) in [7, 11) is 0. The summed E-state index contributed by atoms with van der Waals surface area (Å²) in [4.78, 5) is 0. The number of hydrogen-bond donors (Lipinski definition) is 1. The largest absolute Gasteiger partial charge is 0.783 e. The number of hydrogen-bond acceptors (Lipinski definition) is 3. The van der Waals surface area contributed by atoms with Gasteiger partial charge in [-0.15, -0.1) is 0 Å². The Labute approximate surface area is 62.0 Å². The van der Waals surface area contributed by atoms with Crippen LogP contribution in [-0.2, 0) is 0 Å². The van der Waals surface area contributed by atoms with Gasteiger partial charge in [0, 0.05) is 12.1 Å². The first-order valence-corrected chi connectivity index (χ1v) is 3.59. The van der Waals surface area contributed by atoms with Crippen LogP contribution in [0.5, 0.6) is 0 Å². The Hall–Kier alpha value is -0.120. The predicted molar refractivity (Wildman–Crippen MR) is 41.4 cm³/mol. The van der Waals surface area contributed by atoms with E-state index in [9.17, 15) is 5.21 Å². The van der Waals surface area contributed by atoms with Gasteiger partial charge in [0.1, 0.15) is 0 Å². The van der Waals surface area contributed by atoms with Crippen LogP contribution in [0.1, 0.15) is 27.7 Å². The first kappa shape index (κ1) is 7.98. The van der Waals surface area contributed by atoms with E-state index in [1.807, 2.05) is 27.7 Å². The Morgan fingerprint density at radius 3 is 1.90 bits per heavy atom. The molecule has 0 aliphatic carbocycles. The molecule has 1 heterocycles. The van der Waals surface area contributed by atoms with Crippen molar-refractivity contribution in [1.82, 2.24) is 10.4 Å². The lowest BCUT2D eigenvalue weighted by Crippen LogP contribution is -2.47. The Balaban J connectivity index is 2.77. The molecule has 1 aliphatic rings. The van der Waals surface area contributed by atoms with Crippen LogP contribution in [0.15, 0.2) is 0 Å². The highest BCUT2D eigenvalue weighted by Crippen LogP contribution is 2.27. The Morgan fingerprint density at radius 2 is 1.80 bits per heavy atom. The van der Waals surface area contributed by atoms with Crippen LogP contribution in [-0.4, -0.2) is 22.8 Å². The average Bonchev–Trinajstić information content (AvgIpc) is 1.95. The van der Waals surface area contributed by atoms with Gasteiger partial charge in [0.2, 0.25) is 0 Å². The molecule has 0 radical (unpaired) electrons. The normalized spacial score (nSPS) is 30.9. The minimum absolute atomic E-state index is 0.247. The van der Waals surface area contributed by atoms with Crippen molar-refractivity contribution in [2.45, 2.75) is 38.9 Å². The van der Waals surface area contributed by atoms with Crippen molar-refractivity contribution in [2.24, 2.45) is 0 Å². The van der Waals surface area contributed by atoms with Gasteiger partial charge in [-0.25, -0.2) is 0 Å². The topological polar surface area (TPSA) is 38.3 Å². The second kappa shape index (κ2) is 1.94. The zero-order valence-corrected chi connectivity index (χ0v) is 7.06. The summed E-state index contributed by atoms with van der Waals surface area (Å²) in [5.41, 5.74) is -0.632. The number of rotatable bonds is 0. The molecular formula is C7H15N2O-. The van der Waals surface area contributed by atoms with Crippen molar-refractivity contribution in [3.63, 3.8) is 0 Å². The monoisotopic (exact) mass is 143 g/mol. The number of nitrogens with zero attached hydrogens (tertiary/aromatic N) is 1. The third-order valence-electron chi connectivity index (χ3n) is 2.01. The Bertz CT molecular complexity index is 127. The lowest BCUT2D eigenvalue weighted by molar-refractivity contribution is 0.139. The standard InChI is InChI=1S/C7H15N2O/c1-6(2)5-8-7(3,4)9(6)10/h8H,5H2,1-4H3/q-1. The smallest absolute Gasteiger partial charge is 0.0544 e. The molecule has 60 valence electrons. The summed E-state index contributed by atoms with van der Waals surface area (Å²) in [5, 5.41) is 15.7. The van der Waals surface area contributed by atoms with E-state index in [0.717, 1.165) is 11.6 Å². The van der Waals surface area contributed by atoms with Gasteiger partial charge >= 0.3 is 0 Å². The lowest BCUT2D eigenvalue weighted by atomic mass is 10.1. The van der Waals surface area contributed by atoms with Gasteiger partial charge in [-0.05, 0) is 27.7 Å². The van der Waals surface area contributed by atoms with Crippen LogP contribution < -0.4 is 5.32 Å². The highest BCUT2D eigenvalue weighted by Gasteiger charge is 2.37. The first-order chi connectivity index (χ1) is 4.36. The maximum atomic E-state index is 11.4. The molecule has 1 saturated heterocycles. The molecule has 0 unspecified atom stereocenters. The first-order valence-electron chi connectivity index (χ1n) is 3.59. The molecule has 0 saturated carbocycles. The average molecular weight is 143 g/mol. The molecule has 3 nitrogen and oxygen atoms in total. The summed E-state index contributed by atoms with van der Waals surface area (Å²) in [5.74, 6) is 0. The van der Waals surface area contributed by atoms with Gasteiger partial charge in [0.15, 0.2) is 0 Å². The molecule has 0 aromatic carbocycles. The number of nitrogens with one attached hydrogen (secondary N) is 1. The molecule has 0 amide bonds. The van der Waals surface area contributed by atoms with Gasteiger partial charge < -0.3 is 10.3 Å². The quantitative estimate of drug-likeness (QED) is 0.547. The fraction of sp³-hybridized carbons (Fsp3) is 1.00. The van der Waals surface area contributed by atoms with Gasteiger partial charge in [0.25, 0.3) is 0 Å². The summed E-state index contributed by atoms with van der Waals surface area (Å²) < 4.78 is 0. The Morgan fingerprint density at radius 1 is 1.30 bits per heavy atom. The molecule has 1 N–H and O–H groups in total. The van der Waals surface area contributed by atoms with Crippen LogP contribution in [0.4, 0.5) is 0 Å². The zero-order chi connectivity index (χ0) is 7.99. The van der Waals surface area contributed by atoms with E-state index in [-0.39, 0.29) is 11.2 Å². The van der Waals surface area contributed by atoms with E-state index in [1.165, 1.54) is 0 Å². The fourth-order valence-corrected chi connectivity index (χ4v) is 1.33. The van der Waals surface area contributed by atoms with Crippen molar-refractivity contribution in [2.75, 3.05) is 6.54 Å². The van der Waals surface area contributed by atoms with Gasteiger partial charge in [-0.3, -0.25) is 5.32 Å². The maximum Gasteiger partial charge on any atom is 0.0544 e. The molecule has 0 atom stereocenters. The van der Waals surface area contributed by atoms with E-state index in [4.69, 9.17) is 0 Å². The van der Waals surface area contributed by atoms with Crippen LogP contribution in [0.25, 0.3) is 0 Å². The van der Waals surface area contributed by atoms with Crippen LogP contribution >= 0.6 is 0 Å². The molecule has 0 bridgehead atoms. The third-order valence-corrected chi connectivity index (χ3v) is 2.01. The summed E-state index contributed by atoms with van der Waals surface area (Å²) in [6.45, 7) is 8.45. The minimum Gasteiger partial charge on any atom is -0.783 e. The molecule has 0 aromatic rings. The minimum atomic E-state index is -0.385. The van der Waals surface area contributed by atoms with Crippen molar-refractivity contribution in [3.8, 4) is 0 Å². The summed E-state index contributed by atoms with van der Waals surface area (Å²) >= 11 is 0. The van der Waals surface area contributed by atoms with Crippen LogP contribution in [0.3, 0.4) is 0 Å². The molecule has 10 heavy (non-hydrogen) atoms. The highest BCUT2D eigenvalue weighted by molar-refractivity contribution is 5.00. The molecular weight excluding hydrogens is 128 g/mol. The molecule has 1 rings (SSSR count). The summed E-state index contributed by atoms with van der Waals surface area (Å²) in [6, 6.07) is 0. The zero-order valence-electron chi connectivity index (χ0n) is 7.06. The van der Waals surface area contributed by atoms with E-state index in [2.05, 4.69) is 5.32 Å². The maximum absolute atomic E-state index is 11.4. The highest BCUT2D eigenvalue weighted by atomic mass is 16.5. The molecule has 1 aliphatic heterocycles. The van der Waals surface area contributed by atoms with E-state index < -0.39 is 0 Å². The van der Waals surface area contributed by atoms with Crippen molar-refractivity contribution in [1.29, 1.82) is 0 Å². The van der Waals surface area contributed by atoms with Crippen LogP contribution in [0, 0.1) is 5.21 Å². The van der Waals surface area contributed by atoms with E-state index in [1.54, 1.807) is 0 Å². The predicted octanol–water partition coefficient (Wildman–Crippen LogP) is 0.904. The second-order valence-electron chi connectivity index (χ2n) is 4.02. The van der Waals surface area contributed by atoms with Crippen molar-refractivity contribution < 1.29 is 0 Å². The molecule has 0 spiro atoms. The van der Waals surface area contributed by atoms with E-state index >= 15 is 0 Å². The fourth-order valence-electron chi connectivity index (χ4n) is 1.33. The molecule has 3 heteroatoms. The van der Waals surface area contributed by atoms with Crippen molar-refractivity contribution >= 4 is 0 Å². The third kappa shape index (κ3) is 1.05. The van der Waals surface area contributed by atoms with Gasteiger partial charge in [-0.2, -0.15) is 0 Å². The Kier molecular flexibility index (Phi) is 1.54. The van der Waals surface area contributed by atoms with Gasteiger partial charge in [0.05, 0.1) is 5.66 Å². The van der Waals surface area contributed by atoms with Gasteiger partial charge in [-0.1, -0.05) is 0 Å². The lowest BCUT2D eigenvalue weighted by Gasteiger charge is -2.45. The van der Waals surface area contributed by atoms with Crippen molar-refractivity contribution in [3.05, 3.63) is 5.21 Å². The molecule has 0 aromatic heterocycles. The van der Waals surface area contributed by atoms with Crippen LogP contribution in [0.2, 0.25) is 0 Å². The SMILES string of the molecule is CC1(C)CNC(C)(C)N1[O-]. The summed E-state index contributed by atoms with van der Waals surface area (Å²) in [6.07, 6.45) is 0. The number of hydroxylamine groups is 2.